The number of aryl methyl sites for hydroxylation is 2. The molecule has 0 saturated heterocycles. The normalized spacial score (nSPS) is 21.5. The topological polar surface area (TPSA) is 66.4 Å². The number of hydrogen-bond donors (Lipinski definition) is 2. The first-order valence-electron chi connectivity index (χ1n) is 5.70. The molecule has 1 fully saturated rings. The molecule has 1 amide bonds. The van der Waals surface area contributed by atoms with Gasteiger partial charge in [-0.15, -0.1) is 0 Å². The first-order chi connectivity index (χ1) is 8.40. The van der Waals surface area contributed by atoms with Crippen LogP contribution in [0.3, 0.4) is 0 Å². The summed E-state index contributed by atoms with van der Waals surface area (Å²) in [6.45, 7) is 3.90. The summed E-state index contributed by atoms with van der Waals surface area (Å²) in [5.74, 6) is -1.99. The van der Waals surface area contributed by atoms with E-state index in [4.69, 9.17) is 5.11 Å². The van der Waals surface area contributed by atoms with Crippen molar-refractivity contribution in [2.75, 3.05) is 5.32 Å². The minimum absolute atomic E-state index is 0.205. The highest BCUT2D eigenvalue weighted by atomic mass is 79.9. The average Bonchev–Trinajstić information content (AvgIpc) is 3.05. The van der Waals surface area contributed by atoms with E-state index < -0.39 is 11.9 Å². The van der Waals surface area contributed by atoms with Crippen molar-refractivity contribution in [3.05, 3.63) is 27.7 Å². The van der Waals surface area contributed by atoms with Crippen molar-refractivity contribution in [2.24, 2.45) is 11.8 Å². The fourth-order valence-corrected chi connectivity index (χ4v) is 2.24. The molecule has 0 spiro atoms. The minimum atomic E-state index is -0.890. The van der Waals surface area contributed by atoms with Crippen molar-refractivity contribution in [1.82, 2.24) is 0 Å². The molecule has 2 N–H and O–H groups in total. The van der Waals surface area contributed by atoms with Gasteiger partial charge in [0.2, 0.25) is 5.91 Å². The van der Waals surface area contributed by atoms with E-state index in [1.165, 1.54) is 0 Å². The summed E-state index contributed by atoms with van der Waals surface area (Å²) in [6.07, 6.45) is 0.440. The minimum Gasteiger partial charge on any atom is -0.481 e. The summed E-state index contributed by atoms with van der Waals surface area (Å²) in [4.78, 5) is 22.5. The van der Waals surface area contributed by atoms with E-state index in [-0.39, 0.29) is 11.8 Å². The molecule has 1 aromatic carbocycles. The van der Waals surface area contributed by atoms with Crippen LogP contribution < -0.4 is 5.32 Å². The van der Waals surface area contributed by atoms with Gasteiger partial charge in [0.05, 0.1) is 11.8 Å². The summed E-state index contributed by atoms with van der Waals surface area (Å²) in [5.41, 5.74) is 2.79. The van der Waals surface area contributed by atoms with Crippen LogP contribution in [0.1, 0.15) is 17.5 Å². The Morgan fingerprint density at radius 1 is 1.28 bits per heavy atom. The zero-order valence-electron chi connectivity index (χ0n) is 10.2. The predicted molar refractivity (Wildman–Crippen MR) is 71.5 cm³/mol. The van der Waals surface area contributed by atoms with Crippen LogP contribution in [0.25, 0.3) is 0 Å². The fraction of sp³-hybridized carbons (Fsp3) is 0.385. The first kappa shape index (κ1) is 13.1. The number of carbonyl (C=O) groups excluding carboxylic acids is 1. The summed E-state index contributed by atoms with van der Waals surface area (Å²) in [7, 11) is 0. The van der Waals surface area contributed by atoms with E-state index >= 15 is 0 Å². The number of rotatable bonds is 3. The maximum absolute atomic E-state index is 11.8. The van der Waals surface area contributed by atoms with E-state index in [2.05, 4.69) is 21.2 Å². The van der Waals surface area contributed by atoms with E-state index in [0.29, 0.717) is 12.1 Å². The molecule has 0 aromatic heterocycles. The van der Waals surface area contributed by atoms with Gasteiger partial charge in [-0.2, -0.15) is 0 Å². The lowest BCUT2D eigenvalue weighted by atomic mass is 10.1. The zero-order chi connectivity index (χ0) is 13.4. The Bertz CT molecular complexity index is 504. The second-order valence-corrected chi connectivity index (χ2v) is 5.49. The molecule has 1 aliphatic rings. The molecule has 0 aliphatic heterocycles. The van der Waals surface area contributed by atoms with Crippen LogP contribution in [0.15, 0.2) is 16.6 Å². The third-order valence-electron chi connectivity index (χ3n) is 3.15. The van der Waals surface area contributed by atoms with Gasteiger partial charge < -0.3 is 10.4 Å². The van der Waals surface area contributed by atoms with Crippen molar-refractivity contribution in [3.63, 3.8) is 0 Å². The number of aliphatic carboxylic acids is 1. The number of carboxylic acid groups (broad SMARTS) is 1. The number of amides is 1. The van der Waals surface area contributed by atoms with Crippen molar-refractivity contribution in [3.8, 4) is 0 Å². The molecule has 5 heteroatoms. The number of halogens is 1. The number of benzene rings is 1. The van der Waals surface area contributed by atoms with Gasteiger partial charge in [-0.25, -0.2) is 0 Å². The molecule has 4 nitrogen and oxygen atoms in total. The van der Waals surface area contributed by atoms with Crippen LogP contribution in [-0.2, 0) is 9.59 Å². The van der Waals surface area contributed by atoms with Gasteiger partial charge in [0, 0.05) is 10.2 Å². The number of nitrogens with one attached hydrogen (secondary N) is 1. The molecule has 2 unspecified atom stereocenters. The zero-order valence-corrected chi connectivity index (χ0v) is 11.7. The number of anilines is 1. The summed E-state index contributed by atoms with van der Waals surface area (Å²) in [5, 5.41) is 11.6. The van der Waals surface area contributed by atoms with Crippen LogP contribution >= 0.6 is 15.9 Å². The molecule has 1 aromatic rings. The number of carboxylic acids is 1. The van der Waals surface area contributed by atoms with Crippen LogP contribution in [-0.4, -0.2) is 17.0 Å². The Morgan fingerprint density at radius 2 is 1.83 bits per heavy atom. The molecular weight excluding hydrogens is 298 g/mol. The highest BCUT2D eigenvalue weighted by Gasteiger charge is 2.48. The molecule has 1 aliphatic carbocycles. The van der Waals surface area contributed by atoms with Crippen LogP contribution in [0, 0.1) is 25.7 Å². The van der Waals surface area contributed by atoms with E-state index in [0.717, 1.165) is 15.6 Å². The molecule has 1 saturated carbocycles. The maximum atomic E-state index is 11.8. The van der Waals surface area contributed by atoms with Crippen molar-refractivity contribution in [2.45, 2.75) is 20.3 Å². The third-order valence-corrected chi connectivity index (χ3v) is 4.40. The van der Waals surface area contributed by atoms with Crippen LogP contribution in [0.4, 0.5) is 5.69 Å². The molecule has 0 radical (unpaired) electrons. The second kappa shape index (κ2) is 4.72. The summed E-state index contributed by atoms with van der Waals surface area (Å²) < 4.78 is 1.02. The van der Waals surface area contributed by atoms with Gasteiger partial charge in [0.25, 0.3) is 0 Å². The van der Waals surface area contributed by atoms with Crippen LogP contribution in [0.5, 0.6) is 0 Å². The quantitative estimate of drug-likeness (QED) is 0.902. The van der Waals surface area contributed by atoms with Crippen molar-refractivity contribution < 1.29 is 14.7 Å². The predicted octanol–water partition coefficient (Wildman–Crippen LogP) is 2.73. The first-order valence-corrected chi connectivity index (χ1v) is 6.50. The molecular formula is C13H14BrNO3. The van der Waals surface area contributed by atoms with Gasteiger partial charge in [-0.05, 0) is 43.5 Å². The largest absolute Gasteiger partial charge is 0.481 e. The summed E-state index contributed by atoms with van der Waals surface area (Å²) >= 11 is 3.46. The Labute approximate surface area is 114 Å². The van der Waals surface area contributed by atoms with Crippen molar-refractivity contribution >= 4 is 33.5 Å². The van der Waals surface area contributed by atoms with Gasteiger partial charge >= 0.3 is 5.97 Å². The molecule has 2 rings (SSSR count). The highest BCUT2D eigenvalue weighted by Crippen LogP contribution is 2.39. The van der Waals surface area contributed by atoms with E-state index in [9.17, 15) is 9.59 Å². The summed E-state index contributed by atoms with van der Waals surface area (Å²) in [6, 6.07) is 3.74. The molecule has 0 bridgehead atoms. The standard InChI is InChI=1S/C13H14BrNO3/c1-6-3-8(4-7(2)11(6)14)15-12(16)9-5-10(9)13(17)18/h3-4,9-10H,5H2,1-2H3,(H,15,16)(H,17,18). The number of carbonyl (C=O) groups is 2. The average molecular weight is 312 g/mol. The monoisotopic (exact) mass is 311 g/mol. The van der Waals surface area contributed by atoms with Crippen molar-refractivity contribution in [1.29, 1.82) is 0 Å². The SMILES string of the molecule is Cc1cc(NC(=O)C2CC2C(=O)O)cc(C)c1Br. The van der Waals surface area contributed by atoms with Gasteiger partial charge in [0.15, 0.2) is 0 Å². The Morgan fingerprint density at radius 3 is 2.28 bits per heavy atom. The molecule has 2 atom stereocenters. The van der Waals surface area contributed by atoms with E-state index in [1.807, 2.05) is 26.0 Å². The second-order valence-electron chi connectivity index (χ2n) is 4.70. The molecule has 0 heterocycles. The Balaban J connectivity index is 2.07. The number of hydrogen-bond acceptors (Lipinski definition) is 2. The lowest BCUT2D eigenvalue weighted by molar-refractivity contribution is -0.139. The van der Waals surface area contributed by atoms with Crippen LogP contribution in [0.2, 0.25) is 0 Å². The maximum Gasteiger partial charge on any atom is 0.307 e. The Kier molecular flexibility index (Phi) is 3.43. The molecule has 96 valence electrons. The smallest absolute Gasteiger partial charge is 0.307 e. The fourth-order valence-electron chi connectivity index (χ4n) is 2.01. The van der Waals surface area contributed by atoms with Gasteiger partial charge in [0.1, 0.15) is 0 Å². The third kappa shape index (κ3) is 2.56. The lowest BCUT2D eigenvalue weighted by Crippen LogP contribution is -2.17. The molecule has 18 heavy (non-hydrogen) atoms. The Hall–Kier alpha value is -1.36. The lowest BCUT2D eigenvalue weighted by Gasteiger charge is -2.09. The van der Waals surface area contributed by atoms with Gasteiger partial charge in [-0.1, -0.05) is 15.9 Å². The highest BCUT2D eigenvalue weighted by molar-refractivity contribution is 9.10. The van der Waals surface area contributed by atoms with Gasteiger partial charge in [-0.3, -0.25) is 9.59 Å². The van der Waals surface area contributed by atoms with E-state index in [1.54, 1.807) is 0 Å².